The van der Waals surface area contributed by atoms with E-state index in [0.717, 1.165) is 6.07 Å². The molecule has 4 aromatic rings. The van der Waals surface area contributed by atoms with Gasteiger partial charge in [-0.2, -0.15) is 5.10 Å². The van der Waals surface area contributed by atoms with Crippen molar-refractivity contribution in [3.05, 3.63) is 99.0 Å². The largest absolute Gasteiger partial charge is 0.366 e. The van der Waals surface area contributed by atoms with Crippen molar-refractivity contribution in [1.29, 1.82) is 0 Å². The standard InChI is InChI=1S/C24H16Cl3FN4O2/c1-31(24(34)22-18(27)3-2-4-19(22)28)20-8-6-13(10-21(20)32-12-15(25)11-30-32)16-9-14(23(29)33)5-7-17(16)26/h2-12H,1H3,(H2,29,33)/i1D3. The van der Waals surface area contributed by atoms with Crippen molar-refractivity contribution >= 4 is 52.3 Å². The van der Waals surface area contributed by atoms with Gasteiger partial charge in [0.1, 0.15) is 5.82 Å². The van der Waals surface area contributed by atoms with Gasteiger partial charge in [-0.15, -0.1) is 0 Å². The summed E-state index contributed by atoms with van der Waals surface area (Å²) in [5.74, 6) is -2.85. The fourth-order valence-electron chi connectivity index (χ4n) is 3.32. The monoisotopic (exact) mass is 519 g/mol. The maximum atomic E-state index is 14.6. The van der Waals surface area contributed by atoms with Gasteiger partial charge in [0.15, 0.2) is 0 Å². The average Bonchev–Trinajstić information content (AvgIpc) is 3.24. The van der Waals surface area contributed by atoms with Crippen LogP contribution < -0.4 is 10.6 Å². The van der Waals surface area contributed by atoms with Crippen LogP contribution in [0, 0.1) is 5.82 Å². The van der Waals surface area contributed by atoms with E-state index < -0.39 is 30.2 Å². The fourth-order valence-corrected chi connectivity index (χ4v) is 3.93. The summed E-state index contributed by atoms with van der Waals surface area (Å²) in [5, 5.41) is 4.39. The number of amides is 2. The summed E-state index contributed by atoms with van der Waals surface area (Å²) in [6.45, 7) is -3.06. The van der Waals surface area contributed by atoms with Crippen molar-refractivity contribution in [3.63, 3.8) is 0 Å². The minimum atomic E-state index is -3.06. The summed E-state index contributed by atoms with van der Waals surface area (Å²) in [5.41, 5.74) is 5.80. The summed E-state index contributed by atoms with van der Waals surface area (Å²) in [6.07, 6.45) is 2.71. The van der Waals surface area contributed by atoms with Crippen LogP contribution in [-0.2, 0) is 0 Å². The molecule has 0 saturated heterocycles. The van der Waals surface area contributed by atoms with E-state index in [9.17, 15) is 14.0 Å². The lowest BCUT2D eigenvalue weighted by atomic mass is 10.0. The third kappa shape index (κ3) is 4.50. The Morgan fingerprint density at radius 1 is 1.09 bits per heavy atom. The van der Waals surface area contributed by atoms with Crippen LogP contribution in [0.15, 0.2) is 67.0 Å². The summed E-state index contributed by atoms with van der Waals surface area (Å²) in [4.78, 5) is 25.6. The van der Waals surface area contributed by atoms with E-state index in [0.29, 0.717) is 16.0 Å². The molecular formula is C24H16Cl3FN4O2. The van der Waals surface area contributed by atoms with Crippen LogP contribution >= 0.6 is 34.8 Å². The van der Waals surface area contributed by atoms with E-state index in [4.69, 9.17) is 44.6 Å². The predicted octanol–water partition coefficient (Wildman–Crippen LogP) is 6.01. The molecular weight excluding hydrogens is 502 g/mol. The van der Waals surface area contributed by atoms with Gasteiger partial charge >= 0.3 is 0 Å². The Balaban J connectivity index is 1.97. The van der Waals surface area contributed by atoms with Gasteiger partial charge in [-0.05, 0) is 48.0 Å². The highest BCUT2D eigenvalue weighted by atomic mass is 35.5. The Hall–Kier alpha value is -3.39. The van der Waals surface area contributed by atoms with Crippen molar-refractivity contribution < 1.29 is 18.1 Å². The van der Waals surface area contributed by atoms with Crippen LogP contribution in [-0.4, -0.2) is 28.6 Å². The molecule has 2 amide bonds. The van der Waals surface area contributed by atoms with Crippen molar-refractivity contribution in [2.24, 2.45) is 5.73 Å². The number of primary amides is 1. The van der Waals surface area contributed by atoms with Crippen molar-refractivity contribution in [2.75, 3.05) is 11.9 Å². The highest BCUT2D eigenvalue weighted by molar-refractivity contribution is 6.35. The minimum Gasteiger partial charge on any atom is -0.366 e. The maximum absolute atomic E-state index is 14.6. The number of carbonyl (C=O) groups is 2. The molecule has 0 radical (unpaired) electrons. The molecule has 0 atom stereocenters. The van der Waals surface area contributed by atoms with Gasteiger partial charge in [0.2, 0.25) is 5.91 Å². The number of aromatic nitrogens is 2. The van der Waals surface area contributed by atoms with E-state index in [1.54, 1.807) is 0 Å². The molecule has 0 aliphatic rings. The Morgan fingerprint density at radius 2 is 1.88 bits per heavy atom. The Morgan fingerprint density at radius 3 is 2.53 bits per heavy atom. The van der Waals surface area contributed by atoms with E-state index >= 15 is 0 Å². The van der Waals surface area contributed by atoms with Gasteiger partial charge in [0.25, 0.3) is 5.91 Å². The number of hydrogen-bond donors (Lipinski definition) is 1. The molecule has 0 saturated carbocycles. The van der Waals surface area contributed by atoms with Gasteiger partial charge < -0.3 is 10.6 Å². The molecule has 0 aliphatic carbocycles. The fraction of sp³-hybridized carbons (Fsp3) is 0.0417. The smallest absolute Gasteiger partial charge is 0.262 e. The number of halogens is 4. The Kier molecular flexibility index (Phi) is 5.57. The zero-order valence-corrected chi connectivity index (χ0v) is 19.4. The van der Waals surface area contributed by atoms with Crippen molar-refractivity contribution in [2.45, 2.75) is 0 Å². The molecule has 0 bridgehead atoms. The summed E-state index contributed by atoms with van der Waals surface area (Å²) >= 11 is 18.5. The molecule has 1 aromatic heterocycles. The summed E-state index contributed by atoms with van der Waals surface area (Å²) in [6, 6.07) is 12.3. The third-order valence-electron chi connectivity index (χ3n) is 4.96. The molecule has 4 rings (SSSR count). The molecule has 34 heavy (non-hydrogen) atoms. The lowest BCUT2D eigenvalue weighted by molar-refractivity contribution is 0.0985. The Bertz CT molecular complexity index is 1520. The van der Waals surface area contributed by atoms with Crippen LogP contribution in [0.3, 0.4) is 0 Å². The highest BCUT2D eigenvalue weighted by Crippen LogP contribution is 2.35. The van der Waals surface area contributed by atoms with Crippen LogP contribution in [0.25, 0.3) is 16.8 Å². The van der Waals surface area contributed by atoms with Crippen molar-refractivity contribution in [3.8, 4) is 16.8 Å². The average molecular weight is 521 g/mol. The SMILES string of the molecule is [2H]C([2H])([2H])N(C(=O)c1c(F)cccc1Cl)c1ccc(-c2cc(C(N)=O)ccc2Cl)cc1-n1cc(Cl)cn1. The van der Waals surface area contributed by atoms with Crippen LogP contribution in [0.5, 0.6) is 0 Å². The zero-order chi connectivity index (χ0) is 27.1. The number of nitrogens with zero attached hydrogens (tertiary/aromatic N) is 3. The highest BCUT2D eigenvalue weighted by Gasteiger charge is 2.24. The molecule has 0 aliphatic heterocycles. The van der Waals surface area contributed by atoms with Gasteiger partial charge in [-0.3, -0.25) is 9.59 Å². The van der Waals surface area contributed by atoms with Crippen LogP contribution in [0.2, 0.25) is 15.1 Å². The quantitative estimate of drug-likeness (QED) is 0.350. The molecule has 1 heterocycles. The van der Waals surface area contributed by atoms with E-state index in [1.165, 1.54) is 65.6 Å². The van der Waals surface area contributed by atoms with Gasteiger partial charge in [-0.25, -0.2) is 9.07 Å². The topological polar surface area (TPSA) is 81.2 Å². The minimum absolute atomic E-state index is 0.0990. The number of hydrogen-bond acceptors (Lipinski definition) is 3. The molecule has 0 spiro atoms. The maximum Gasteiger partial charge on any atom is 0.262 e. The first kappa shape index (κ1) is 20.0. The number of nitrogens with two attached hydrogens (primary N) is 1. The van der Waals surface area contributed by atoms with E-state index in [2.05, 4.69) is 5.10 Å². The molecule has 0 unspecified atom stereocenters. The molecule has 6 nitrogen and oxygen atoms in total. The van der Waals surface area contributed by atoms with Crippen molar-refractivity contribution in [1.82, 2.24) is 9.78 Å². The lowest BCUT2D eigenvalue weighted by Gasteiger charge is -2.22. The van der Waals surface area contributed by atoms with Gasteiger partial charge in [-0.1, -0.05) is 46.9 Å². The number of benzene rings is 3. The van der Waals surface area contributed by atoms with Crippen LogP contribution in [0.1, 0.15) is 24.8 Å². The van der Waals surface area contributed by atoms with E-state index in [1.807, 2.05) is 0 Å². The second-order valence-electron chi connectivity index (χ2n) is 7.10. The molecule has 172 valence electrons. The third-order valence-corrected chi connectivity index (χ3v) is 5.80. The summed E-state index contributed by atoms with van der Waals surface area (Å²) in [7, 11) is 0. The Labute approximate surface area is 213 Å². The number of rotatable bonds is 5. The second kappa shape index (κ2) is 9.46. The molecule has 10 heteroatoms. The predicted molar refractivity (Wildman–Crippen MR) is 132 cm³/mol. The van der Waals surface area contributed by atoms with Crippen LogP contribution in [0.4, 0.5) is 10.1 Å². The first-order valence-electron chi connectivity index (χ1n) is 11.1. The van der Waals surface area contributed by atoms with Gasteiger partial charge in [0, 0.05) is 33.4 Å². The molecule has 0 fully saturated rings. The first-order valence-corrected chi connectivity index (χ1v) is 10.7. The number of carbonyl (C=O) groups excluding carboxylic acids is 2. The molecule has 2 N–H and O–H groups in total. The normalized spacial score (nSPS) is 12.5. The number of anilines is 1. The second-order valence-corrected chi connectivity index (χ2v) is 8.35. The van der Waals surface area contributed by atoms with Gasteiger partial charge in [0.05, 0.1) is 33.2 Å². The lowest BCUT2D eigenvalue weighted by Crippen LogP contribution is -2.28. The zero-order valence-electron chi connectivity index (χ0n) is 20.1. The molecule has 3 aromatic carbocycles. The first-order chi connectivity index (χ1) is 17.4. The van der Waals surface area contributed by atoms with E-state index in [-0.39, 0.29) is 32.0 Å². The summed E-state index contributed by atoms with van der Waals surface area (Å²) < 4.78 is 40.1.